The molecule has 2 heterocycles. The number of fused-ring (bicyclic) bond motifs is 1. The number of anilines is 1. The van der Waals surface area contributed by atoms with Crippen LogP contribution < -0.4 is 5.73 Å². The van der Waals surface area contributed by atoms with Crippen molar-refractivity contribution >= 4 is 54.9 Å². The number of hydrogen-bond acceptors (Lipinski definition) is 2. The fourth-order valence-electron chi connectivity index (χ4n) is 2.17. The van der Waals surface area contributed by atoms with E-state index in [4.69, 9.17) is 17.3 Å². The first kappa shape index (κ1) is 13.9. The molecule has 6 heteroatoms. The van der Waals surface area contributed by atoms with Crippen molar-refractivity contribution in [1.29, 1.82) is 0 Å². The number of halogens is 3. The van der Waals surface area contributed by atoms with Crippen LogP contribution in [-0.4, -0.2) is 9.38 Å². The maximum atomic E-state index is 6.27. The van der Waals surface area contributed by atoms with Gasteiger partial charge in [0.1, 0.15) is 17.2 Å². The van der Waals surface area contributed by atoms with Crippen LogP contribution in [0.5, 0.6) is 0 Å². The van der Waals surface area contributed by atoms with E-state index in [2.05, 4.69) is 36.8 Å². The van der Waals surface area contributed by atoms with Crippen LogP contribution in [0.4, 0.5) is 5.82 Å². The largest absolute Gasteiger partial charge is 0.383 e. The summed E-state index contributed by atoms with van der Waals surface area (Å²) in [5.41, 5.74) is 9.58. The van der Waals surface area contributed by atoms with Gasteiger partial charge in [0.25, 0.3) is 0 Å². The van der Waals surface area contributed by atoms with Crippen LogP contribution in [0.3, 0.4) is 0 Å². The number of benzene rings is 1. The predicted molar refractivity (Wildman–Crippen MR) is 90.2 cm³/mol. The van der Waals surface area contributed by atoms with Crippen molar-refractivity contribution in [3.63, 3.8) is 0 Å². The van der Waals surface area contributed by atoms with Crippen molar-refractivity contribution in [2.24, 2.45) is 0 Å². The van der Waals surface area contributed by atoms with E-state index >= 15 is 0 Å². The maximum absolute atomic E-state index is 6.27. The Labute approximate surface area is 138 Å². The van der Waals surface area contributed by atoms with Crippen molar-refractivity contribution in [2.45, 2.75) is 6.92 Å². The van der Waals surface area contributed by atoms with Gasteiger partial charge in [0.05, 0.1) is 5.02 Å². The Morgan fingerprint density at radius 2 is 1.95 bits per heavy atom. The highest BCUT2D eigenvalue weighted by Gasteiger charge is 2.16. The number of hydrogen-bond donors (Lipinski definition) is 1. The molecule has 1 aromatic carbocycles. The molecule has 0 bridgehead atoms. The second-order valence-electron chi connectivity index (χ2n) is 4.43. The molecule has 20 heavy (non-hydrogen) atoms. The highest BCUT2D eigenvalue weighted by molar-refractivity contribution is 9.10. The average molecular weight is 416 g/mol. The van der Waals surface area contributed by atoms with E-state index in [0.717, 1.165) is 25.8 Å². The molecule has 0 aliphatic heterocycles. The number of aryl methyl sites for hydroxylation is 1. The first-order valence-corrected chi connectivity index (χ1v) is 7.84. The minimum absolute atomic E-state index is 0.582. The average Bonchev–Trinajstić information content (AvgIpc) is 2.75. The molecule has 2 aromatic heterocycles. The van der Waals surface area contributed by atoms with Gasteiger partial charge in [-0.15, -0.1) is 0 Å². The first-order chi connectivity index (χ1) is 9.49. The molecule has 0 aliphatic carbocycles. The SMILES string of the molecule is Cc1c(Br)ccc2nc(-c3cc(Br)ccc3Cl)c(N)n12. The minimum Gasteiger partial charge on any atom is -0.383 e. The second kappa shape index (κ2) is 5.06. The molecule has 0 fully saturated rings. The number of aromatic nitrogens is 2. The molecule has 3 aromatic rings. The van der Waals surface area contributed by atoms with Crippen LogP contribution in [0.2, 0.25) is 5.02 Å². The number of imidazole rings is 1. The molecule has 0 unspecified atom stereocenters. The van der Waals surface area contributed by atoms with Crippen LogP contribution in [0.1, 0.15) is 5.69 Å². The zero-order chi connectivity index (χ0) is 14.4. The van der Waals surface area contributed by atoms with Crippen LogP contribution in [0, 0.1) is 6.92 Å². The van der Waals surface area contributed by atoms with Crippen LogP contribution >= 0.6 is 43.5 Å². The molecule has 0 atom stereocenters. The van der Waals surface area contributed by atoms with E-state index in [0.29, 0.717) is 16.5 Å². The molecule has 3 rings (SSSR count). The number of nitrogens with zero attached hydrogens (tertiary/aromatic N) is 2. The quantitative estimate of drug-likeness (QED) is 0.603. The van der Waals surface area contributed by atoms with Gasteiger partial charge < -0.3 is 5.73 Å². The predicted octanol–water partition coefficient (Wildman–Crippen LogP) is 5.07. The third-order valence-corrected chi connectivity index (χ3v) is 4.84. The molecule has 0 amide bonds. The van der Waals surface area contributed by atoms with E-state index < -0.39 is 0 Å². The van der Waals surface area contributed by atoms with Gasteiger partial charge in [-0.1, -0.05) is 27.5 Å². The molecule has 0 spiro atoms. The van der Waals surface area contributed by atoms with Gasteiger partial charge in [0.2, 0.25) is 0 Å². The standard InChI is InChI=1S/C14H10Br2ClN3/c1-7-10(16)3-5-12-19-13(14(18)20(7)12)9-6-8(15)2-4-11(9)17/h2-6H,18H2,1H3. The summed E-state index contributed by atoms with van der Waals surface area (Å²) in [5, 5.41) is 0.625. The lowest BCUT2D eigenvalue weighted by Crippen LogP contribution is -1.98. The highest BCUT2D eigenvalue weighted by Crippen LogP contribution is 2.35. The van der Waals surface area contributed by atoms with Crippen LogP contribution in [-0.2, 0) is 0 Å². The summed E-state index contributed by atoms with van der Waals surface area (Å²) in [5.74, 6) is 0.582. The molecule has 0 saturated heterocycles. The van der Waals surface area contributed by atoms with Gasteiger partial charge in [-0.2, -0.15) is 0 Å². The van der Waals surface area contributed by atoms with E-state index in [9.17, 15) is 0 Å². The van der Waals surface area contributed by atoms with Gasteiger partial charge in [0, 0.05) is 20.2 Å². The molecule has 102 valence electrons. The first-order valence-electron chi connectivity index (χ1n) is 5.87. The molecule has 0 radical (unpaired) electrons. The smallest absolute Gasteiger partial charge is 0.139 e. The highest BCUT2D eigenvalue weighted by atomic mass is 79.9. The van der Waals surface area contributed by atoms with E-state index in [-0.39, 0.29) is 0 Å². The number of nitrogens with two attached hydrogens (primary N) is 1. The van der Waals surface area contributed by atoms with Crippen molar-refractivity contribution in [3.8, 4) is 11.3 Å². The van der Waals surface area contributed by atoms with Gasteiger partial charge in [0.15, 0.2) is 0 Å². The normalized spacial score (nSPS) is 11.2. The summed E-state index contributed by atoms with van der Waals surface area (Å²) in [7, 11) is 0. The monoisotopic (exact) mass is 413 g/mol. The van der Waals surface area contributed by atoms with Gasteiger partial charge in [-0.3, -0.25) is 4.40 Å². The van der Waals surface area contributed by atoms with Crippen LogP contribution in [0.15, 0.2) is 39.3 Å². The Kier molecular flexibility index (Phi) is 3.52. The Morgan fingerprint density at radius 1 is 1.20 bits per heavy atom. The third-order valence-electron chi connectivity index (χ3n) is 3.18. The second-order valence-corrected chi connectivity index (χ2v) is 6.61. The molecular formula is C14H10Br2ClN3. The van der Waals surface area contributed by atoms with E-state index in [1.54, 1.807) is 0 Å². The van der Waals surface area contributed by atoms with E-state index in [1.165, 1.54) is 0 Å². The zero-order valence-corrected chi connectivity index (χ0v) is 14.4. The third kappa shape index (κ3) is 2.14. The lowest BCUT2D eigenvalue weighted by atomic mass is 10.1. The maximum Gasteiger partial charge on any atom is 0.139 e. The van der Waals surface area contributed by atoms with Gasteiger partial charge >= 0.3 is 0 Å². The molecule has 2 N–H and O–H groups in total. The summed E-state index contributed by atoms with van der Waals surface area (Å²) in [4.78, 5) is 4.60. The summed E-state index contributed by atoms with van der Waals surface area (Å²) in [6.07, 6.45) is 0. The lowest BCUT2D eigenvalue weighted by molar-refractivity contribution is 1.09. The topological polar surface area (TPSA) is 43.3 Å². The molecule has 3 nitrogen and oxygen atoms in total. The van der Waals surface area contributed by atoms with Gasteiger partial charge in [-0.05, 0) is 53.2 Å². The van der Waals surface area contributed by atoms with Crippen LogP contribution in [0.25, 0.3) is 16.9 Å². The Hall–Kier alpha value is -1.04. The molecular weight excluding hydrogens is 405 g/mol. The Balaban J connectivity index is 2.35. The van der Waals surface area contributed by atoms with Crippen molar-refractivity contribution in [1.82, 2.24) is 9.38 Å². The van der Waals surface area contributed by atoms with Crippen molar-refractivity contribution < 1.29 is 0 Å². The Bertz CT molecular complexity index is 827. The molecule has 0 aliphatic rings. The minimum atomic E-state index is 0.582. The van der Waals surface area contributed by atoms with Crippen molar-refractivity contribution in [3.05, 3.63) is 50.0 Å². The summed E-state index contributed by atoms with van der Waals surface area (Å²) in [6, 6.07) is 9.52. The number of pyridine rings is 1. The van der Waals surface area contributed by atoms with E-state index in [1.807, 2.05) is 41.7 Å². The van der Waals surface area contributed by atoms with Crippen molar-refractivity contribution in [2.75, 3.05) is 5.73 Å². The summed E-state index contributed by atoms with van der Waals surface area (Å²) >= 11 is 13.2. The summed E-state index contributed by atoms with van der Waals surface area (Å²) in [6.45, 7) is 1.99. The number of nitrogen functional groups attached to an aromatic ring is 1. The number of rotatable bonds is 1. The zero-order valence-electron chi connectivity index (χ0n) is 10.5. The van der Waals surface area contributed by atoms with Gasteiger partial charge in [-0.25, -0.2) is 4.98 Å². The Morgan fingerprint density at radius 3 is 2.70 bits per heavy atom. The fraction of sp³-hybridized carbons (Fsp3) is 0.0714. The lowest BCUT2D eigenvalue weighted by Gasteiger charge is -2.05. The fourth-order valence-corrected chi connectivity index (χ4v) is 3.05. The molecule has 0 saturated carbocycles. The summed E-state index contributed by atoms with van der Waals surface area (Å²) < 4.78 is 3.84.